The van der Waals surface area contributed by atoms with Crippen LogP contribution in [0.25, 0.3) is 0 Å². The highest BCUT2D eigenvalue weighted by Gasteiger charge is 2.16. The van der Waals surface area contributed by atoms with Gasteiger partial charge in [0.15, 0.2) is 0 Å². The molecule has 1 fully saturated rings. The van der Waals surface area contributed by atoms with Gasteiger partial charge >= 0.3 is 0 Å². The molecule has 0 radical (unpaired) electrons. The van der Waals surface area contributed by atoms with E-state index >= 15 is 0 Å². The molecule has 1 aromatic heterocycles. The molecule has 1 amide bonds. The highest BCUT2D eigenvalue weighted by molar-refractivity contribution is 5.92. The molecule has 0 atom stereocenters. The van der Waals surface area contributed by atoms with E-state index in [1.807, 2.05) is 67.6 Å². The van der Waals surface area contributed by atoms with E-state index in [9.17, 15) is 4.79 Å². The van der Waals surface area contributed by atoms with E-state index in [0.29, 0.717) is 6.42 Å². The van der Waals surface area contributed by atoms with Crippen molar-refractivity contribution in [3.63, 3.8) is 0 Å². The number of carbonyl (C=O) groups excluding carboxylic acids is 1. The van der Waals surface area contributed by atoms with E-state index in [2.05, 4.69) is 25.5 Å². The van der Waals surface area contributed by atoms with Crippen molar-refractivity contribution in [1.29, 1.82) is 0 Å². The summed E-state index contributed by atoms with van der Waals surface area (Å²) in [5.41, 5.74) is 3.62. The highest BCUT2D eigenvalue weighted by Crippen LogP contribution is 2.22. The van der Waals surface area contributed by atoms with Gasteiger partial charge in [-0.15, -0.1) is 0 Å². The molecule has 0 spiro atoms. The molecule has 6 nitrogen and oxygen atoms in total. The quantitative estimate of drug-likeness (QED) is 0.660. The van der Waals surface area contributed by atoms with Gasteiger partial charge in [-0.2, -0.15) is 4.98 Å². The molecule has 0 unspecified atom stereocenters. The van der Waals surface area contributed by atoms with E-state index in [-0.39, 0.29) is 5.91 Å². The van der Waals surface area contributed by atoms with Crippen molar-refractivity contribution in [1.82, 2.24) is 9.97 Å². The summed E-state index contributed by atoms with van der Waals surface area (Å²) in [6.07, 6.45) is 2.75. The largest absolute Gasteiger partial charge is 0.341 e. The number of aromatic nitrogens is 2. The molecule has 2 N–H and O–H groups in total. The molecule has 29 heavy (non-hydrogen) atoms. The molecule has 6 heteroatoms. The van der Waals surface area contributed by atoms with Gasteiger partial charge in [-0.25, -0.2) is 4.98 Å². The fourth-order valence-electron chi connectivity index (χ4n) is 3.45. The number of hydrogen-bond acceptors (Lipinski definition) is 5. The lowest BCUT2D eigenvalue weighted by Crippen LogP contribution is -2.21. The van der Waals surface area contributed by atoms with Crippen molar-refractivity contribution in [2.75, 3.05) is 28.6 Å². The summed E-state index contributed by atoms with van der Waals surface area (Å²) < 4.78 is 0. The first-order valence-electron chi connectivity index (χ1n) is 9.97. The summed E-state index contributed by atoms with van der Waals surface area (Å²) in [6, 6.07) is 19.3. The minimum atomic E-state index is -0.0291. The minimum absolute atomic E-state index is 0.0291. The minimum Gasteiger partial charge on any atom is -0.341 e. The van der Waals surface area contributed by atoms with Gasteiger partial charge in [0.2, 0.25) is 11.9 Å². The van der Waals surface area contributed by atoms with E-state index in [1.165, 1.54) is 12.8 Å². The third kappa shape index (κ3) is 5.10. The van der Waals surface area contributed by atoms with E-state index in [4.69, 9.17) is 0 Å². The van der Waals surface area contributed by atoms with Crippen molar-refractivity contribution >= 4 is 29.0 Å². The standard InChI is InChI=1S/C23H25N5O/c1-17-15-21(27-23(24-17)28-13-5-6-14-28)25-19-9-11-20(12-10-19)26-22(29)16-18-7-3-2-4-8-18/h2-4,7-12,15H,5-6,13-14,16H2,1H3,(H,26,29)(H,24,25,27). The normalized spacial score (nSPS) is 13.3. The van der Waals surface area contributed by atoms with Gasteiger partial charge in [0, 0.05) is 36.2 Å². The predicted molar refractivity (Wildman–Crippen MR) is 117 cm³/mol. The Morgan fingerprint density at radius 2 is 1.66 bits per heavy atom. The number of aryl methyl sites for hydroxylation is 1. The maximum atomic E-state index is 12.2. The average Bonchev–Trinajstić information content (AvgIpc) is 3.25. The first kappa shape index (κ1) is 18.9. The van der Waals surface area contributed by atoms with Crippen LogP contribution in [0.4, 0.5) is 23.1 Å². The number of nitrogens with one attached hydrogen (secondary N) is 2. The number of benzene rings is 2. The Labute approximate surface area is 171 Å². The van der Waals surface area contributed by atoms with Gasteiger partial charge in [-0.05, 0) is 49.6 Å². The number of amides is 1. The first-order valence-corrected chi connectivity index (χ1v) is 9.97. The molecule has 1 aliphatic heterocycles. The van der Waals surface area contributed by atoms with Crippen LogP contribution in [-0.4, -0.2) is 29.0 Å². The van der Waals surface area contributed by atoms with Crippen molar-refractivity contribution in [2.24, 2.45) is 0 Å². The topological polar surface area (TPSA) is 70.2 Å². The van der Waals surface area contributed by atoms with Crippen LogP contribution in [0.5, 0.6) is 0 Å². The maximum Gasteiger partial charge on any atom is 0.228 e. The van der Waals surface area contributed by atoms with Crippen molar-refractivity contribution in [3.05, 3.63) is 71.9 Å². The summed E-state index contributed by atoms with van der Waals surface area (Å²) in [7, 11) is 0. The second-order valence-corrected chi connectivity index (χ2v) is 7.30. The van der Waals surface area contributed by atoms with Crippen LogP contribution in [0, 0.1) is 6.92 Å². The van der Waals surface area contributed by atoms with Gasteiger partial charge in [0.05, 0.1) is 6.42 Å². The Morgan fingerprint density at radius 3 is 2.38 bits per heavy atom. The van der Waals surface area contributed by atoms with Crippen molar-refractivity contribution in [2.45, 2.75) is 26.2 Å². The van der Waals surface area contributed by atoms with Crippen LogP contribution in [0.3, 0.4) is 0 Å². The molecule has 148 valence electrons. The van der Waals surface area contributed by atoms with Gasteiger partial charge in [0.1, 0.15) is 5.82 Å². The maximum absolute atomic E-state index is 12.2. The lowest BCUT2D eigenvalue weighted by Gasteiger charge is -2.17. The fourth-order valence-corrected chi connectivity index (χ4v) is 3.45. The molecule has 1 saturated heterocycles. The van der Waals surface area contributed by atoms with Crippen LogP contribution >= 0.6 is 0 Å². The van der Waals surface area contributed by atoms with Crippen molar-refractivity contribution in [3.8, 4) is 0 Å². The van der Waals surface area contributed by atoms with Gasteiger partial charge < -0.3 is 15.5 Å². The molecule has 0 aliphatic carbocycles. The zero-order valence-electron chi connectivity index (χ0n) is 16.6. The van der Waals surface area contributed by atoms with Crippen LogP contribution < -0.4 is 15.5 Å². The second kappa shape index (κ2) is 8.73. The lowest BCUT2D eigenvalue weighted by atomic mass is 10.1. The van der Waals surface area contributed by atoms with Crippen LogP contribution in [0.15, 0.2) is 60.7 Å². The molecular formula is C23H25N5O. The monoisotopic (exact) mass is 387 g/mol. The Balaban J connectivity index is 1.39. The summed E-state index contributed by atoms with van der Waals surface area (Å²) in [5, 5.41) is 6.28. The molecule has 0 bridgehead atoms. The highest BCUT2D eigenvalue weighted by atomic mass is 16.1. The van der Waals surface area contributed by atoms with E-state index in [0.717, 1.165) is 47.5 Å². The summed E-state index contributed by atoms with van der Waals surface area (Å²) in [4.78, 5) is 23.7. The molecule has 1 aliphatic rings. The zero-order valence-corrected chi connectivity index (χ0v) is 16.6. The van der Waals surface area contributed by atoms with Crippen LogP contribution in [0.1, 0.15) is 24.1 Å². The SMILES string of the molecule is Cc1cc(Nc2ccc(NC(=O)Cc3ccccc3)cc2)nc(N2CCCC2)n1. The summed E-state index contributed by atoms with van der Waals surface area (Å²) in [6.45, 7) is 4.01. The van der Waals surface area contributed by atoms with Crippen molar-refractivity contribution < 1.29 is 4.79 Å². The van der Waals surface area contributed by atoms with E-state index in [1.54, 1.807) is 0 Å². The van der Waals surface area contributed by atoms with Gasteiger partial charge in [-0.1, -0.05) is 30.3 Å². The zero-order chi connectivity index (χ0) is 20.1. The third-order valence-electron chi connectivity index (χ3n) is 4.88. The number of anilines is 4. The third-order valence-corrected chi connectivity index (χ3v) is 4.88. The van der Waals surface area contributed by atoms with Gasteiger partial charge in [-0.3, -0.25) is 4.79 Å². The fraction of sp³-hybridized carbons (Fsp3) is 0.261. The first-order chi connectivity index (χ1) is 14.2. The Kier molecular flexibility index (Phi) is 5.70. The summed E-state index contributed by atoms with van der Waals surface area (Å²) >= 11 is 0. The molecule has 0 saturated carbocycles. The van der Waals surface area contributed by atoms with Crippen LogP contribution in [-0.2, 0) is 11.2 Å². The number of carbonyl (C=O) groups is 1. The average molecular weight is 387 g/mol. The Morgan fingerprint density at radius 1 is 0.966 bits per heavy atom. The number of nitrogens with zero attached hydrogens (tertiary/aromatic N) is 3. The Bertz CT molecular complexity index is 966. The smallest absolute Gasteiger partial charge is 0.228 e. The van der Waals surface area contributed by atoms with Gasteiger partial charge in [0.25, 0.3) is 0 Å². The molecule has 4 rings (SSSR count). The molecule has 3 aromatic rings. The second-order valence-electron chi connectivity index (χ2n) is 7.30. The lowest BCUT2D eigenvalue weighted by molar-refractivity contribution is -0.115. The van der Waals surface area contributed by atoms with Crippen LogP contribution in [0.2, 0.25) is 0 Å². The molecule has 2 aromatic carbocycles. The summed E-state index contributed by atoms with van der Waals surface area (Å²) in [5.74, 6) is 1.54. The Hall–Kier alpha value is -3.41. The molecule has 2 heterocycles. The van der Waals surface area contributed by atoms with E-state index < -0.39 is 0 Å². The predicted octanol–water partition coefficient (Wildman–Crippen LogP) is 4.31. The number of hydrogen-bond donors (Lipinski definition) is 2. The molecular weight excluding hydrogens is 362 g/mol. The number of rotatable bonds is 6.